The molecule has 32 heavy (non-hydrogen) atoms. The molecule has 0 bridgehead atoms. The minimum atomic E-state index is -0.880. The number of rotatable bonds is 10. The van der Waals surface area contributed by atoms with E-state index in [0.29, 0.717) is 77.5 Å². The molecule has 0 unspecified atom stereocenters. The number of carbonyl (C=O) groups excluding carboxylic acids is 2. The number of nitrogen functional groups attached to an aromatic ring is 1. The number of carbonyl (C=O) groups is 3. The van der Waals surface area contributed by atoms with Crippen molar-refractivity contribution in [3.63, 3.8) is 0 Å². The highest BCUT2D eigenvalue weighted by molar-refractivity contribution is 5.69. The van der Waals surface area contributed by atoms with Gasteiger partial charge in [0.05, 0.1) is 6.54 Å². The molecule has 1 heterocycles. The number of nitrogens with zero attached hydrogens (tertiary/aromatic N) is 4. The van der Waals surface area contributed by atoms with Gasteiger partial charge in [-0.3, -0.25) is 34.0 Å². The van der Waals surface area contributed by atoms with Crippen LogP contribution in [-0.4, -0.2) is 116 Å². The first-order chi connectivity index (χ1) is 15.5. The molecule has 1 aliphatic heterocycles. The summed E-state index contributed by atoms with van der Waals surface area (Å²) in [6.45, 7) is 6.62. The number of hydrogen-bond donors (Lipinski definition) is 2. The lowest BCUT2D eigenvalue weighted by molar-refractivity contribution is -0.138. The van der Waals surface area contributed by atoms with E-state index in [1.54, 1.807) is 0 Å². The maximum Gasteiger partial charge on any atom is 0.317 e. The first-order valence-corrected chi connectivity index (χ1v) is 10.6. The number of anilines is 1. The molecule has 178 valence electrons. The Morgan fingerprint density at radius 1 is 0.812 bits per heavy atom. The second-order valence-corrected chi connectivity index (χ2v) is 7.71. The Hall–Kier alpha value is -2.73. The van der Waals surface area contributed by atoms with Gasteiger partial charge in [-0.2, -0.15) is 0 Å². The van der Waals surface area contributed by atoms with Gasteiger partial charge in [0.2, 0.25) is 0 Å². The van der Waals surface area contributed by atoms with Gasteiger partial charge in [0.1, 0.15) is 13.5 Å². The molecule has 0 radical (unpaired) electrons. The van der Waals surface area contributed by atoms with Crippen molar-refractivity contribution in [1.82, 2.24) is 19.6 Å². The van der Waals surface area contributed by atoms with Gasteiger partial charge in [0, 0.05) is 64.6 Å². The summed E-state index contributed by atoms with van der Waals surface area (Å²) < 4.78 is 9.88. The molecule has 0 amide bonds. The average Bonchev–Trinajstić information content (AvgIpc) is 2.77. The molecule has 0 aliphatic carbocycles. The third-order valence-electron chi connectivity index (χ3n) is 5.32. The van der Waals surface area contributed by atoms with Crippen molar-refractivity contribution >= 4 is 24.6 Å². The Bertz CT molecular complexity index is 704. The fourth-order valence-corrected chi connectivity index (χ4v) is 3.50. The third kappa shape index (κ3) is 10.1. The maximum atomic E-state index is 11.3. The SMILES string of the molecule is Nc1ccc(CN2CCN(COC=O)CCN(COC=O)CCN(CC(=O)O)CC2)cc1. The van der Waals surface area contributed by atoms with Crippen molar-refractivity contribution in [3.05, 3.63) is 29.8 Å². The monoisotopic (exact) mass is 451 g/mol. The van der Waals surface area contributed by atoms with Crippen molar-refractivity contribution in [2.75, 3.05) is 78.1 Å². The van der Waals surface area contributed by atoms with E-state index >= 15 is 0 Å². The predicted molar refractivity (Wildman–Crippen MR) is 117 cm³/mol. The number of nitrogens with two attached hydrogens (primary N) is 1. The summed E-state index contributed by atoms with van der Waals surface area (Å²) in [7, 11) is 0. The first-order valence-electron chi connectivity index (χ1n) is 10.6. The van der Waals surface area contributed by atoms with Crippen LogP contribution in [0.15, 0.2) is 24.3 Å². The van der Waals surface area contributed by atoms with E-state index in [0.717, 1.165) is 5.56 Å². The lowest BCUT2D eigenvalue weighted by Gasteiger charge is -2.33. The van der Waals surface area contributed by atoms with Gasteiger partial charge in [-0.25, -0.2) is 0 Å². The van der Waals surface area contributed by atoms with E-state index in [4.69, 9.17) is 15.2 Å². The first kappa shape index (κ1) is 25.5. The molecule has 1 aromatic carbocycles. The average molecular weight is 452 g/mol. The van der Waals surface area contributed by atoms with E-state index in [9.17, 15) is 19.5 Å². The second kappa shape index (κ2) is 14.4. The highest BCUT2D eigenvalue weighted by atomic mass is 16.5. The maximum absolute atomic E-state index is 11.3. The van der Waals surface area contributed by atoms with E-state index in [1.165, 1.54) is 0 Å². The van der Waals surface area contributed by atoms with Crippen LogP contribution in [0, 0.1) is 0 Å². The van der Waals surface area contributed by atoms with Crippen LogP contribution in [0.3, 0.4) is 0 Å². The minimum absolute atomic E-state index is 0.0581. The second-order valence-electron chi connectivity index (χ2n) is 7.71. The van der Waals surface area contributed by atoms with Crippen molar-refractivity contribution < 1.29 is 29.0 Å². The van der Waals surface area contributed by atoms with E-state index in [1.807, 2.05) is 39.0 Å². The van der Waals surface area contributed by atoms with Crippen LogP contribution in [0.2, 0.25) is 0 Å². The van der Waals surface area contributed by atoms with E-state index < -0.39 is 5.97 Å². The van der Waals surface area contributed by atoms with Crippen LogP contribution < -0.4 is 5.73 Å². The molecular weight excluding hydrogens is 418 g/mol. The van der Waals surface area contributed by atoms with Crippen LogP contribution in [0.5, 0.6) is 0 Å². The molecule has 1 aromatic rings. The summed E-state index contributed by atoms with van der Waals surface area (Å²) in [4.78, 5) is 40.8. The summed E-state index contributed by atoms with van der Waals surface area (Å²) in [5, 5.41) is 9.31. The fraction of sp³-hybridized carbons (Fsp3) is 0.571. The number of ether oxygens (including phenoxy) is 2. The molecule has 11 nitrogen and oxygen atoms in total. The van der Waals surface area contributed by atoms with Crippen LogP contribution >= 0.6 is 0 Å². The fourth-order valence-electron chi connectivity index (χ4n) is 3.50. The Balaban J connectivity index is 2.11. The van der Waals surface area contributed by atoms with Gasteiger partial charge in [-0.15, -0.1) is 0 Å². The molecule has 11 heteroatoms. The quantitative estimate of drug-likeness (QED) is 0.347. The zero-order chi connectivity index (χ0) is 23.2. The topological polar surface area (TPSA) is 129 Å². The largest absolute Gasteiger partial charge is 0.480 e. The van der Waals surface area contributed by atoms with Gasteiger partial charge >= 0.3 is 5.97 Å². The normalized spacial score (nSPS) is 18.2. The van der Waals surface area contributed by atoms with Gasteiger partial charge in [0.25, 0.3) is 12.9 Å². The summed E-state index contributed by atoms with van der Waals surface area (Å²) in [5.41, 5.74) is 7.61. The van der Waals surface area contributed by atoms with Crippen molar-refractivity contribution in [1.29, 1.82) is 0 Å². The smallest absolute Gasteiger partial charge is 0.317 e. The summed E-state index contributed by atoms with van der Waals surface area (Å²) in [5.74, 6) is -0.880. The molecule has 0 saturated carbocycles. The molecule has 1 saturated heterocycles. The van der Waals surface area contributed by atoms with Crippen molar-refractivity contribution in [2.45, 2.75) is 6.54 Å². The third-order valence-corrected chi connectivity index (χ3v) is 5.32. The van der Waals surface area contributed by atoms with Crippen LogP contribution in [0.25, 0.3) is 0 Å². The Labute approximate surface area is 188 Å². The molecule has 0 spiro atoms. The summed E-state index contributed by atoms with van der Waals surface area (Å²) >= 11 is 0. The Kier molecular flexibility index (Phi) is 11.5. The molecular formula is C21H33N5O6. The molecule has 2 rings (SSSR count). The number of hydrogen-bond acceptors (Lipinski definition) is 10. The molecule has 0 atom stereocenters. The number of carboxylic acid groups (broad SMARTS) is 1. The van der Waals surface area contributed by atoms with Gasteiger partial charge < -0.3 is 20.3 Å². The van der Waals surface area contributed by atoms with Gasteiger partial charge in [-0.1, -0.05) is 12.1 Å². The lowest BCUT2D eigenvalue weighted by Crippen LogP contribution is -2.47. The standard InChI is InChI=1S/C21H33N5O6/c22-20-3-1-19(2-4-20)13-23-5-6-24(14-21(29)30)8-10-26(16-32-18-28)12-11-25(9-7-23)15-31-17-27/h1-4,17-18H,5-16,22H2,(H,29,30). The molecule has 1 aliphatic rings. The lowest BCUT2D eigenvalue weighted by atomic mass is 10.2. The molecule has 0 aromatic heterocycles. The minimum Gasteiger partial charge on any atom is -0.480 e. The summed E-state index contributed by atoms with van der Waals surface area (Å²) in [6.07, 6.45) is 0. The van der Waals surface area contributed by atoms with E-state index in [-0.39, 0.29) is 20.0 Å². The molecule has 1 fully saturated rings. The Morgan fingerprint density at radius 2 is 1.25 bits per heavy atom. The summed E-state index contributed by atoms with van der Waals surface area (Å²) in [6, 6.07) is 7.70. The van der Waals surface area contributed by atoms with Gasteiger partial charge in [0.15, 0.2) is 0 Å². The van der Waals surface area contributed by atoms with Crippen molar-refractivity contribution in [2.24, 2.45) is 0 Å². The number of aliphatic carboxylic acids is 1. The number of carboxylic acids is 1. The van der Waals surface area contributed by atoms with Gasteiger partial charge in [-0.05, 0) is 17.7 Å². The molecule has 3 N–H and O–H groups in total. The zero-order valence-electron chi connectivity index (χ0n) is 18.3. The predicted octanol–water partition coefficient (Wildman–Crippen LogP) is -0.664. The highest BCUT2D eigenvalue weighted by Gasteiger charge is 2.18. The van der Waals surface area contributed by atoms with E-state index in [2.05, 4.69) is 4.90 Å². The van der Waals surface area contributed by atoms with Crippen LogP contribution in [0.1, 0.15) is 5.56 Å². The van der Waals surface area contributed by atoms with Crippen molar-refractivity contribution in [3.8, 4) is 0 Å². The zero-order valence-corrected chi connectivity index (χ0v) is 18.3. The Morgan fingerprint density at radius 3 is 1.69 bits per heavy atom. The van der Waals surface area contributed by atoms with Crippen LogP contribution in [-0.2, 0) is 30.4 Å². The van der Waals surface area contributed by atoms with Crippen LogP contribution in [0.4, 0.5) is 5.69 Å². The number of benzene rings is 1. The highest BCUT2D eigenvalue weighted by Crippen LogP contribution is 2.10.